The van der Waals surface area contributed by atoms with Crippen molar-refractivity contribution in [2.45, 2.75) is 23.6 Å². The Bertz CT molecular complexity index is 829. The van der Waals surface area contributed by atoms with Crippen LogP contribution >= 0.6 is 11.3 Å². The number of aromatic nitrogens is 1. The maximum absolute atomic E-state index is 12.3. The third-order valence-electron chi connectivity index (χ3n) is 4.25. The summed E-state index contributed by atoms with van der Waals surface area (Å²) >= 11 is 1.13. The van der Waals surface area contributed by atoms with Crippen molar-refractivity contribution in [3.05, 3.63) is 41.4 Å². The highest BCUT2D eigenvalue weighted by Gasteiger charge is 2.23. The lowest BCUT2D eigenvalue weighted by Crippen LogP contribution is -2.37. The van der Waals surface area contributed by atoms with Crippen LogP contribution in [0.5, 0.6) is 0 Å². The Hall–Kier alpha value is -1.97. The molecule has 1 fully saturated rings. The van der Waals surface area contributed by atoms with Crippen molar-refractivity contribution in [1.29, 1.82) is 0 Å². The molecule has 0 bridgehead atoms. The van der Waals surface area contributed by atoms with Crippen molar-refractivity contribution in [2.75, 3.05) is 31.6 Å². The number of nitrogens with one attached hydrogen (secondary N) is 1. The summed E-state index contributed by atoms with van der Waals surface area (Å²) in [5.41, 5.74) is 0.880. The van der Waals surface area contributed by atoms with Crippen LogP contribution in [-0.2, 0) is 21.4 Å². The second-order valence-electron chi connectivity index (χ2n) is 6.19. The Kier molecular flexibility index (Phi) is 5.90. The summed E-state index contributed by atoms with van der Waals surface area (Å²) in [6.45, 7) is 2.17. The van der Waals surface area contributed by atoms with Crippen molar-refractivity contribution in [3.8, 4) is 0 Å². The van der Waals surface area contributed by atoms with Crippen LogP contribution in [0, 0.1) is 0 Å². The van der Waals surface area contributed by atoms with Crippen molar-refractivity contribution in [3.63, 3.8) is 0 Å². The molecule has 0 saturated carbocycles. The van der Waals surface area contributed by atoms with Crippen LogP contribution in [0.4, 0.5) is 5.82 Å². The smallest absolute Gasteiger partial charge is 0.252 e. The standard InChI is InChI=1S/C17H22N4O3S2/c1-20(26(23,24)17-5-4-10-25-17)13-16(22)19-12-14-6-7-15(18-11-14)21-8-2-3-9-21/h4-7,10-11H,2-3,8-9,12-13H2,1H3,(H,19,22). The van der Waals surface area contributed by atoms with Crippen molar-refractivity contribution < 1.29 is 13.2 Å². The molecule has 3 heterocycles. The summed E-state index contributed by atoms with van der Waals surface area (Å²) in [5.74, 6) is 0.607. The van der Waals surface area contributed by atoms with Crippen LogP contribution in [0.1, 0.15) is 18.4 Å². The van der Waals surface area contributed by atoms with Gasteiger partial charge in [0.05, 0.1) is 6.54 Å². The highest BCUT2D eigenvalue weighted by Crippen LogP contribution is 2.19. The molecule has 26 heavy (non-hydrogen) atoms. The first-order chi connectivity index (χ1) is 12.5. The van der Waals surface area contributed by atoms with E-state index in [0.29, 0.717) is 6.54 Å². The minimum absolute atomic E-state index is 0.223. The maximum atomic E-state index is 12.3. The molecule has 0 radical (unpaired) electrons. The molecule has 140 valence electrons. The van der Waals surface area contributed by atoms with Gasteiger partial charge in [-0.1, -0.05) is 12.1 Å². The number of carbonyl (C=O) groups excluding carboxylic acids is 1. The van der Waals surface area contributed by atoms with Crippen molar-refractivity contribution >= 4 is 33.1 Å². The fourth-order valence-corrected chi connectivity index (χ4v) is 5.09. The number of amides is 1. The molecular weight excluding hydrogens is 372 g/mol. The zero-order valence-electron chi connectivity index (χ0n) is 14.6. The van der Waals surface area contributed by atoms with Crippen LogP contribution in [0.15, 0.2) is 40.1 Å². The monoisotopic (exact) mass is 394 g/mol. The van der Waals surface area contributed by atoms with Gasteiger partial charge in [-0.2, -0.15) is 4.31 Å². The van der Waals surface area contributed by atoms with Gasteiger partial charge in [0.15, 0.2) is 0 Å². The summed E-state index contributed by atoms with van der Waals surface area (Å²) in [7, 11) is -2.21. The molecule has 0 aliphatic carbocycles. The normalized spacial score (nSPS) is 14.8. The van der Waals surface area contributed by atoms with Gasteiger partial charge >= 0.3 is 0 Å². The summed E-state index contributed by atoms with van der Waals surface area (Å²) in [6, 6.07) is 7.10. The molecule has 9 heteroatoms. The van der Waals surface area contributed by atoms with E-state index in [2.05, 4.69) is 15.2 Å². The molecule has 1 aliphatic heterocycles. The van der Waals surface area contributed by atoms with E-state index < -0.39 is 10.0 Å². The van der Waals surface area contributed by atoms with Crippen LogP contribution < -0.4 is 10.2 Å². The van der Waals surface area contributed by atoms with Gasteiger partial charge in [-0.15, -0.1) is 11.3 Å². The van der Waals surface area contributed by atoms with Gasteiger partial charge in [-0.25, -0.2) is 13.4 Å². The maximum Gasteiger partial charge on any atom is 0.252 e. The second kappa shape index (κ2) is 8.15. The topological polar surface area (TPSA) is 82.6 Å². The molecule has 2 aromatic heterocycles. The van der Waals surface area contributed by atoms with E-state index in [9.17, 15) is 13.2 Å². The third kappa shape index (κ3) is 4.40. The van der Waals surface area contributed by atoms with Gasteiger partial charge in [0.1, 0.15) is 10.0 Å². The van der Waals surface area contributed by atoms with E-state index in [-0.39, 0.29) is 16.7 Å². The number of rotatable bonds is 7. The molecule has 2 aromatic rings. The molecule has 0 atom stereocenters. The summed E-state index contributed by atoms with van der Waals surface area (Å²) in [4.78, 5) is 18.8. The van der Waals surface area contributed by atoms with E-state index in [4.69, 9.17) is 0 Å². The Morgan fingerprint density at radius 3 is 2.69 bits per heavy atom. The first-order valence-electron chi connectivity index (χ1n) is 8.43. The van der Waals surface area contributed by atoms with Gasteiger partial charge in [-0.05, 0) is 35.9 Å². The van der Waals surface area contributed by atoms with Crippen LogP contribution in [0.25, 0.3) is 0 Å². The van der Waals surface area contributed by atoms with E-state index in [1.807, 2.05) is 12.1 Å². The van der Waals surface area contributed by atoms with Crippen LogP contribution in [0.2, 0.25) is 0 Å². The number of likely N-dealkylation sites (N-methyl/N-ethyl adjacent to an activating group) is 1. The third-order valence-corrected chi connectivity index (χ3v) is 7.43. The molecule has 0 aromatic carbocycles. The van der Waals surface area contributed by atoms with Gasteiger partial charge < -0.3 is 10.2 Å². The number of pyridine rings is 1. The molecule has 1 saturated heterocycles. The highest BCUT2D eigenvalue weighted by atomic mass is 32.2. The molecule has 0 spiro atoms. The first-order valence-corrected chi connectivity index (χ1v) is 10.8. The molecular formula is C17H22N4O3S2. The first kappa shape index (κ1) is 18.8. The summed E-state index contributed by atoms with van der Waals surface area (Å²) in [6.07, 6.45) is 4.14. The van der Waals surface area contributed by atoms with Crippen molar-refractivity contribution in [1.82, 2.24) is 14.6 Å². The second-order valence-corrected chi connectivity index (χ2v) is 9.41. The van der Waals surface area contributed by atoms with Crippen LogP contribution in [-0.4, -0.2) is 50.3 Å². The molecule has 7 nitrogen and oxygen atoms in total. The molecule has 1 amide bonds. The quantitative estimate of drug-likeness (QED) is 0.773. The molecule has 1 aliphatic rings. The largest absolute Gasteiger partial charge is 0.357 e. The van der Waals surface area contributed by atoms with Gasteiger partial charge in [0.25, 0.3) is 10.0 Å². The Morgan fingerprint density at radius 1 is 1.31 bits per heavy atom. The van der Waals surface area contributed by atoms with E-state index >= 15 is 0 Å². The predicted molar refractivity (Wildman–Crippen MR) is 102 cm³/mol. The SMILES string of the molecule is CN(CC(=O)NCc1ccc(N2CCCC2)nc1)S(=O)(=O)c1cccs1. The fourth-order valence-electron chi connectivity index (χ4n) is 2.76. The average molecular weight is 395 g/mol. The zero-order valence-corrected chi connectivity index (χ0v) is 16.2. The lowest BCUT2D eigenvalue weighted by molar-refractivity contribution is -0.121. The lowest BCUT2D eigenvalue weighted by atomic mass is 10.2. The number of carbonyl (C=O) groups is 1. The van der Waals surface area contributed by atoms with E-state index in [1.165, 1.54) is 26.0 Å². The Morgan fingerprint density at radius 2 is 2.08 bits per heavy atom. The summed E-state index contributed by atoms with van der Waals surface area (Å²) in [5, 5.41) is 4.44. The molecule has 1 N–H and O–H groups in total. The van der Waals surface area contributed by atoms with Crippen LogP contribution in [0.3, 0.4) is 0 Å². The van der Waals surface area contributed by atoms with E-state index in [1.54, 1.807) is 17.6 Å². The minimum Gasteiger partial charge on any atom is -0.357 e. The van der Waals surface area contributed by atoms with E-state index in [0.717, 1.165) is 40.1 Å². The zero-order chi connectivity index (χ0) is 18.6. The van der Waals surface area contributed by atoms with Gasteiger partial charge in [-0.3, -0.25) is 4.79 Å². The minimum atomic E-state index is -3.62. The fraction of sp³-hybridized carbons (Fsp3) is 0.412. The number of thiophene rings is 1. The van der Waals surface area contributed by atoms with Gasteiger partial charge in [0, 0.05) is 32.9 Å². The summed E-state index contributed by atoms with van der Waals surface area (Å²) < 4.78 is 25.9. The van der Waals surface area contributed by atoms with Crippen molar-refractivity contribution in [2.24, 2.45) is 0 Å². The number of hydrogen-bond acceptors (Lipinski definition) is 6. The number of nitrogens with zero attached hydrogens (tertiary/aromatic N) is 3. The lowest BCUT2D eigenvalue weighted by Gasteiger charge is -2.17. The Balaban J connectivity index is 1.50. The van der Waals surface area contributed by atoms with Gasteiger partial charge in [0.2, 0.25) is 5.91 Å². The highest BCUT2D eigenvalue weighted by molar-refractivity contribution is 7.91. The number of hydrogen-bond donors (Lipinski definition) is 1. The number of anilines is 1. The number of sulfonamides is 1. The average Bonchev–Trinajstić information content (AvgIpc) is 3.34. The molecule has 0 unspecified atom stereocenters. The molecule has 3 rings (SSSR count). The Labute approximate surface area is 157 Å². The predicted octanol–water partition coefficient (Wildman–Crippen LogP) is 1.68.